The number of benzene rings is 3. The highest BCUT2D eigenvalue weighted by Crippen LogP contribution is 2.50. The Balaban J connectivity index is 1.47. The van der Waals surface area contributed by atoms with Gasteiger partial charge in [0.15, 0.2) is 0 Å². The summed E-state index contributed by atoms with van der Waals surface area (Å²) in [4.78, 5) is 30.3. The van der Waals surface area contributed by atoms with Gasteiger partial charge in [0.1, 0.15) is 10.9 Å². The molecule has 8 heteroatoms. The van der Waals surface area contributed by atoms with Gasteiger partial charge in [-0.3, -0.25) is 14.5 Å². The number of fused-ring (bicyclic) bond motifs is 2. The first-order valence-corrected chi connectivity index (χ1v) is 15.2. The summed E-state index contributed by atoms with van der Waals surface area (Å²) < 4.78 is 0.275. The van der Waals surface area contributed by atoms with Crippen LogP contribution in [0.4, 0.5) is 11.4 Å². The Morgan fingerprint density at radius 1 is 0.897 bits per heavy atom. The van der Waals surface area contributed by atoms with E-state index >= 15 is 0 Å². The number of unbranched alkanes of at least 4 members (excludes halogenated alkanes) is 3. The Hall–Kier alpha value is -3.07. The van der Waals surface area contributed by atoms with Crippen molar-refractivity contribution >= 4 is 69.4 Å². The molecule has 2 aliphatic rings. The summed E-state index contributed by atoms with van der Waals surface area (Å²) >= 11 is 8.16. The van der Waals surface area contributed by atoms with Gasteiger partial charge in [0.2, 0.25) is 0 Å². The summed E-state index contributed by atoms with van der Waals surface area (Å²) in [6, 6.07) is 21.6. The van der Waals surface area contributed by atoms with Gasteiger partial charge in [0, 0.05) is 16.3 Å². The van der Waals surface area contributed by atoms with E-state index in [0.29, 0.717) is 4.91 Å². The quantitative estimate of drug-likeness (QED) is 0.157. The number of rotatable bonds is 9. The molecule has 5 nitrogen and oxygen atoms in total. The van der Waals surface area contributed by atoms with Gasteiger partial charge in [-0.2, -0.15) is 0 Å². The van der Waals surface area contributed by atoms with Crippen LogP contribution in [0.3, 0.4) is 0 Å². The average molecular weight is 575 g/mol. The van der Waals surface area contributed by atoms with Crippen molar-refractivity contribution in [2.45, 2.75) is 49.3 Å². The van der Waals surface area contributed by atoms with Crippen LogP contribution in [-0.2, 0) is 9.59 Å². The minimum Gasteiger partial charge on any atom is -0.480 e. The number of anilines is 2. The minimum absolute atomic E-state index is 0.275. The molecule has 1 saturated heterocycles. The summed E-state index contributed by atoms with van der Waals surface area (Å²) in [7, 11) is 0. The number of thioether (sulfide) groups is 1. The number of nitrogens with zero attached hydrogens (tertiary/aromatic N) is 2. The van der Waals surface area contributed by atoms with Crippen molar-refractivity contribution in [1.29, 1.82) is 0 Å². The van der Waals surface area contributed by atoms with Gasteiger partial charge in [0.25, 0.3) is 5.91 Å². The number of amides is 1. The van der Waals surface area contributed by atoms with Crippen LogP contribution in [0.25, 0.3) is 17.2 Å². The molecule has 0 saturated carbocycles. The van der Waals surface area contributed by atoms with E-state index in [9.17, 15) is 9.59 Å². The number of thiocarbonyl (C=S) groups is 1. The van der Waals surface area contributed by atoms with Crippen LogP contribution >= 0.6 is 35.7 Å². The molecule has 0 radical (unpaired) electrons. The number of carbonyl (C=O) groups is 2. The molecule has 0 aromatic heterocycles. The van der Waals surface area contributed by atoms with E-state index in [4.69, 9.17) is 17.3 Å². The smallest absolute Gasteiger partial charge is 0.323 e. The molecule has 0 aliphatic carbocycles. The third-order valence-electron chi connectivity index (χ3n) is 6.83. The topological polar surface area (TPSA) is 60.9 Å². The van der Waals surface area contributed by atoms with E-state index in [1.165, 1.54) is 52.2 Å². The Kier molecular flexibility index (Phi) is 8.45. The van der Waals surface area contributed by atoms with E-state index in [0.717, 1.165) is 40.1 Å². The second-order valence-corrected chi connectivity index (χ2v) is 12.5. The van der Waals surface area contributed by atoms with Gasteiger partial charge in [-0.25, -0.2) is 0 Å². The van der Waals surface area contributed by atoms with Gasteiger partial charge in [0.05, 0.1) is 16.3 Å². The SMILES string of the molecule is CCCCCCN1c2ccc(/C=C3\SC(=S)N(CC(=O)O)C3=O)cc2Sc2cc(-c3ccc(C)cc3)ccc21. The fourth-order valence-corrected chi connectivity index (χ4v) is 7.22. The molecule has 39 heavy (non-hydrogen) atoms. The van der Waals surface area contributed by atoms with Crippen molar-refractivity contribution in [3.8, 4) is 11.1 Å². The van der Waals surface area contributed by atoms with E-state index in [-0.39, 0.29) is 10.2 Å². The van der Waals surface area contributed by atoms with Crippen LogP contribution in [0.1, 0.15) is 43.7 Å². The van der Waals surface area contributed by atoms with Gasteiger partial charge in [-0.15, -0.1) is 0 Å². The van der Waals surface area contributed by atoms with E-state index in [1.807, 2.05) is 12.1 Å². The maximum absolute atomic E-state index is 12.8. The Bertz CT molecular complexity index is 1470. The lowest BCUT2D eigenvalue weighted by Crippen LogP contribution is -2.33. The van der Waals surface area contributed by atoms with Crippen LogP contribution in [0, 0.1) is 6.92 Å². The van der Waals surface area contributed by atoms with Crippen molar-refractivity contribution in [3.63, 3.8) is 0 Å². The zero-order valence-corrected chi connectivity index (χ0v) is 24.4. The first-order chi connectivity index (χ1) is 18.8. The third kappa shape index (κ3) is 6.08. The van der Waals surface area contributed by atoms with Crippen LogP contribution in [0.15, 0.2) is 75.4 Å². The number of aliphatic carboxylic acids is 1. The number of hydrogen-bond acceptors (Lipinski definition) is 6. The first-order valence-electron chi connectivity index (χ1n) is 13.1. The molecule has 2 heterocycles. The molecule has 0 spiro atoms. The second kappa shape index (κ2) is 12.0. The predicted molar refractivity (Wildman–Crippen MR) is 166 cm³/mol. The van der Waals surface area contributed by atoms with Gasteiger partial charge in [-0.1, -0.05) is 104 Å². The van der Waals surface area contributed by atoms with Crippen LogP contribution < -0.4 is 4.90 Å². The lowest BCUT2D eigenvalue weighted by molar-refractivity contribution is -0.140. The summed E-state index contributed by atoms with van der Waals surface area (Å²) in [5.41, 5.74) is 6.91. The predicted octanol–water partition coefficient (Wildman–Crippen LogP) is 8.13. The molecule has 3 aromatic rings. The molecule has 0 unspecified atom stereocenters. The molecule has 0 bridgehead atoms. The number of carboxylic acid groups (broad SMARTS) is 1. The second-order valence-electron chi connectivity index (χ2n) is 9.75. The molecule has 3 aromatic carbocycles. The molecule has 1 amide bonds. The summed E-state index contributed by atoms with van der Waals surface area (Å²) in [5.74, 6) is -1.44. The summed E-state index contributed by atoms with van der Waals surface area (Å²) in [6.45, 7) is 4.85. The Morgan fingerprint density at radius 2 is 1.59 bits per heavy atom. The monoisotopic (exact) mass is 574 g/mol. The molecule has 0 atom stereocenters. The van der Waals surface area contributed by atoms with Crippen LogP contribution in [0.2, 0.25) is 0 Å². The van der Waals surface area contributed by atoms with E-state index in [1.54, 1.807) is 11.8 Å². The van der Waals surface area contributed by atoms with E-state index in [2.05, 4.69) is 73.3 Å². The molecule has 200 valence electrons. The standard InChI is InChI=1S/C31H30N2O3S3/c1-3-4-5-6-15-32-24-13-9-21(17-28-30(36)33(19-29(34)35)31(37)39-28)16-26(24)38-27-18-23(12-14-25(27)32)22-10-7-20(2)8-11-22/h7-14,16-18H,3-6,15,19H2,1-2H3,(H,34,35)/b28-17-. The fraction of sp³-hybridized carbons (Fsp3) is 0.258. The Morgan fingerprint density at radius 3 is 2.31 bits per heavy atom. The van der Waals surface area contributed by atoms with Crippen molar-refractivity contribution in [3.05, 3.63) is 76.7 Å². The molecule has 5 rings (SSSR count). The summed E-state index contributed by atoms with van der Waals surface area (Å²) in [5, 5.41) is 9.13. The zero-order valence-electron chi connectivity index (χ0n) is 22.0. The highest BCUT2D eigenvalue weighted by molar-refractivity contribution is 8.26. The number of carboxylic acids is 1. The molecule has 2 aliphatic heterocycles. The van der Waals surface area contributed by atoms with E-state index < -0.39 is 12.5 Å². The van der Waals surface area contributed by atoms with Crippen LogP contribution in [0.5, 0.6) is 0 Å². The molecular weight excluding hydrogens is 545 g/mol. The van der Waals surface area contributed by atoms with Crippen molar-refractivity contribution in [2.24, 2.45) is 0 Å². The van der Waals surface area contributed by atoms with Gasteiger partial charge >= 0.3 is 5.97 Å². The summed E-state index contributed by atoms with van der Waals surface area (Å²) in [6.07, 6.45) is 6.55. The van der Waals surface area contributed by atoms with Crippen molar-refractivity contribution < 1.29 is 14.7 Å². The lowest BCUT2D eigenvalue weighted by atomic mass is 10.0. The lowest BCUT2D eigenvalue weighted by Gasteiger charge is -2.33. The maximum Gasteiger partial charge on any atom is 0.323 e. The normalized spacial score (nSPS) is 15.6. The number of hydrogen-bond donors (Lipinski definition) is 1. The first kappa shape index (κ1) is 27.5. The minimum atomic E-state index is -1.08. The number of carbonyl (C=O) groups excluding carboxylic acids is 1. The third-order valence-corrected chi connectivity index (χ3v) is 9.30. The Labute approximate surface area is 243 Å². The van der Waals surface area contributed by atoms with Gasteiger partial charge in [-0.05, 0) is 60.4 Å². The highest BCUT2D eigenvalue weighted by Gasteiger charge is 2.33. The molecule has 1 N–H and O–H groups in total. The molecular formula is C31H30N2O3S3. The fourth-order valence-electron chi connectivity index (χ4n) is 4.78. The largest absolute Gasteiger partial charge is 0.480 e. The van der Waals surface area contributed by atoms with Crippen LogP contribution in [-0.4, -0.2) is 39.3 Å². The number of aryl methyl sites for hydroxylation is 1. The van der Waals surface area contributed by atoms with Crippen molar-refractivity contribution in [1.82, 2.24) is 4.90 Å². The maximum atomic E-state index is 12.8. The average Bonchev–Trinajstić information content (AvgIpc) is 3.17. The highest BCUT2D eigenvalue weighted by atomic mass is 32.2. The molecule has 1 fully saturated rings. The van der Waals surface area contributed by atoms with Gasteiger partial charge < -0.3 is 10.0 Å². The zero-order chi connectivity index (χ0) is 27.5. The van der Waals surface area contributed by atoms with Crippen molar-refractivity contribution in [2.75, 3.05) is 18.0 Å².